The van der Waals surface area contributed by atoms with E-state index in [0.717, 1.165) is 11.8 Å². The van der Waals surface area contributed by atoms with E-state index in [-0.39, 0.29) is 22.2 Å². The number of fused-ring (bicyclic) bond motifs is 1. The number of pyridine rings is 1. The van der Waals surface area contributed by atoms with Crippen LogP contribution in [0.3, 0.4) is 0 Å². The summed E-state index contributed by atoms with van der Waals surface area (Å²) >= 11 is 0. The van der Waals surface area contributed by atoms with Crippen LogP contribution in [0, 0.1) is 0 Å². The Kier molecular flexibility index (Phi) is 5.37. The molecule has 0 saturated heterocycles. The van der Waals surface area contributed by atoms with Crippen molar-refractivity contribution < 1.29 is 17.9 Å². The van der Waals surface area contributed by atoms with Crippen LogP contribution in [-0.2, 0) is 10.0 Å². The van der Waals surface area contributed by atoms with Gasteiger partial charge in [0.1, 0.15) is 5.75 Å². The van der Waals surface area contributed by atoms with Crippen molar-refractivity contribution >= 4 is 38.5 Å². The van der Waals surface area contributed by atoms with Crippen LogP contribution in [0.5, 0.6) is 5.75 Å². The van der Waals surface area contributed by atoms with Crippen LogP contribution in [0.1, 0.15) is 10.4 Å². The lowest BCUT2D eigenvalue weighted by molar-refractivity contribution is 0.100. The molecule has 0 atom stereocenters. The molecule has 1 heterocycles. The molecular formula is C19H19N5O4S. The molecule has 0 radical (unpaired) electrons. The van der Waals surface area contributed by atoms with Gasteiger partial charge in [0.2, 0.25) is 10.0 Å². The van der Waals surface area contributed by atoms with E-state index in [0.29, 0.717) is 11.4 Å². The summed E-state index contributed by atoms with van der Waals surface area (Å²) in [5.74, 6) is -0.782. The van der Waals surface area contributed by atoms with E-state index in [1.807, 2.05) is 30.3 Å². The van der Waals surface area contributed by atoms with Crippen LogP contribution in [0.15, 0.2) is 53.5 Å². The Bertz CT molecular complexity index is 1220. The standard InChI is InChI=1S/C19H19N5O4S/c1-28-15-9-8-13(24-29(2,26)27)17-16(15)12(18(25)23-19(20)21)10-14(22-17)11-6-4-3-5-7-11/h3-10,24H,1-2H3,(H4,20,21,23,25). The first-order valence-corrected chi connectivity index (χ1v) is 10.3. The molecule has 3 rings (SSSR count). The molecule has 0 aliphatic carbocycles. The van der Waals surface area contributed by atoms with Gasteiger partial charge in [-0.3, -0.25) is 9.52 Å². The van der Waals surface area contributed by atoms with E-state index < -0.39 is 21.9 Å². The number of amides is 1. The third-order valence-electron chi connectivity index (χ3n) is 3.97. The van der Waals surface area contributed by atoms with Gasteiger partial charge in [0.15, 0.2) is 5.96 Å². The van der Waals surface area contributed by atoms with Crippen molar-refractivity contribution in [2.75, 3.05) is 18.1 Å². The van der Waals surface area contributed by atoms with Crippen LogP contribution >= 0.6 is 0 Å². The maximum atomic E-state index is 12.7. The number of hydrogen-bond acceptors (Lipinski definition) is 5. The van der Waals surface area contributed by atoms with Crippen molar-refractivity contribution in [3.63, 3.8) is 0 Å². The maximum absolute atomic E-state index is 12.7. The molecule has 1 aromatic heterocycles. The number of nitrogens with zero attached hydrogens (tertiary/aromatic N) is 2. The highest BCUT2D eigenvalue weighted by atomic mass is 32.2. The van der Waals surface area contributed by atoms with E-state index >= 15 is 0 Å². The largest absolute Gasteiger partial charge is 0.496 e. The number of ether oxygens (including phenoxy) is 1. The van der Waals surface area contributed by atoms with Gasteiger partial charge >= 0.3 is 0 Å². The van der Waals surface area contributed by atoms with Gasteiger partial charge in [-0.25, -0.2) is 13.4 Å². The molecule has 2 aromatic carbocycles. The number of hydrogen-bond donors (Lipinski definition) is 3. The first-order chi connectivity index (χ1) is 13.7. The molecule has 0 fully saturated rings. The first-order valence-electron chi connectivity index (χ1n) is 8.38. The van der Waals surface area contributed by atoms with Gasteiger partial charge in [-0.15, -0.1) is 0 Å². The molecule has 0 spiro atoms. The quantitative estimate of drug-likeness (QED) is 0.425. The molecule has 0 bridgehead atoms. The van der Waals surface area contributed by atoms with Crippen LogP contribution < -0.4 is 20.9 Å². The van der Waals surface area contributed by atoms with Crippen molar-refractivity contribution in [1.29, 1.82) is 0 Å². The summed E-state index contributed by atoms with van der Waals surface area (Å²) in [7, 11) is -2.17. The molecule has 5 N–H and O–H groups in total. The van der Waals surface area contributed by atoms with Crippen molar-refractivity contribution in [3.05, 3.63) is 54.1 Å². The summed E-state index contributed by atoms with van der Waals surface area (Å²) in [6.45, 7) is 0. The zero-order chi connectivity index (χ0) is 21.2. The topological polar surface area (TPSA) is 150 Å². The fraction of sp³-hybridized carbons (Fsp3) is 0.105. The van der Waals surface area contributed by atoms with Gasteiger partial charge in [-0.2, -0.15) is 4.99 Å². The Morgan fingerprint density at radius 2 is 1.83 bits per heavy atom. The molecule has 150 valence electrons. The minimum absolute atomic E-state index is 0.122. The van der Waals surface area contributed by atoms with Crippen molar-refractivity contribution in [2.24, 2.45) is 16.5 Å². The molecule has 0 aliphatic rings. The summed E-state index contributed by atoms with van der Waals surface area (Å²) in [5, 5.41) is 0.288. The third-order valence-corrected chi connectivity index (χ3v) is 4.56. The molecule has 0 unspecified atom stereocenters. The highest BCUT2D eigenvalue weighted by Gasteiger charge is 2.20. The first kappa shape index (κ1) is 20.1. The second kappa shape index (κ2) is 7.76. The van der Waals surface area contributed by atoms with E-state index in [9.17, 15) is 13.2 Å². The SMILES string of the molecule is COc1ccc(NS(C)(=O)=O)c2nc(-c3ccccc3)cc(C(=O)N=C(N)N)c12. The fourth-order valence-electron chi connectivity index (χ4n) is 2.87. The van der Waals surface area contributed by atoms with E-state index in [1.165, 1.54) is 19.2 Å². The molecule has 1 amide bonds. The smallest absolute Gasteiger partial charge is 0.281 e. The van der Waals surface area contributed by atoms with Gasteiger partial charge in [-0.1, -0.05) is 30.3 Å². The molecule has 10 heteroatoms. The minimum atomic E-state index is -3.60. The number of aromatic nitrogens is 1. The summed E-state index contributed by atoms with van der Waals surface area (Å²) in [6, 6.07) is 13.7. The average Bonchev–Trinajstić information content (AvgIpc) is 2.66. The van der Waals surface area contributed by atoms with Crippen molar-refractivity contribution in [1.82, 2.24) is 4.98 Å². The number of benzene rings is 2. The van der Waals surface area contributed by atoms with E-state index in [1.54, 1.807) is 6.07 Å². The molecule has 0 saturated carbocycles. The van der Waals surface area contributed by atoms with Crippen molar-refractivity contribution in [2.45, 2.75) is 0 Å². The monoisotopic (exact) mass is 413 g/mol. The average molecular weight is 413 g/mol. The number of guanidine groups is 1. The lowest BCUT2D eigenvalue weighted by Crippen LogP contribution is -2.24. The van der Waals surface area contributed by atoms with Crippen LogP contribution in [0.25, 0.3) is 22.2 Å². The van der Waals surface area contributed by atoms with Crippen molar-refractivity contribution in [3.8, 4) is 17.0 Å². The molecule has 29 heavy (non-hydrogen) atoms. The second-order valence-electron chi connectivity index (χ2n) is 6.18. The number of carbonyl (C=O) groups excluding carboxylic acids is 1. The normalized spacial score (nSPS) is 11.1. The lowest BCUT2D eigenvalue weighted by atomic mass is 10.0. The number of methoxy groups -OCH3 is 1. The summed E-state index contributed by atoms with van der Waals surface area (Å²) in [4.78, 5) is 21.0. The number of aliphatic imine (C=N–C) groups is 1. The van der Waals surface area contributed by atoms with Crippen LogP contribution in [0.4, 0.5) is 5.69 Å². The molecular weight excluding hydrogens is 394 g/mol. The van der Waals surface area contributed by atoms with Gasteiger partial charge in [-0.05, 0) is 18.2 Å². The molecule has 9 nitrogen and oxygen atoms in total. The summed E-state index contributed by atoms with van der Waals surface area (Å²) in [5.41, 5.74) is 12.5. The second-order valence-corrected chi connectivity index (χ2v) is 7.92. The Hall–Kier alpha value is -3.66. The third kappa shape index (κ3) is 4.43. The predicted molar refractivity (Wildman–Crippen MR) is 112 cm³/mol. The van der Waals surface area contributed by atoms with Crippen LogP contribution in [-0.4, -0.2) is 38.6 Å². The zero-order valence-electron chi connectivity index (χ0n) is 15.7. The van der Waals surface area contributed by atoms with Gasteiger partial charge in [0.25, 0.3) is 5.91 Å². The van der Waals surface area contributed by atoms with E-state index in [4.69, 9.17) is 16.2 Å². The van der Waals surface area contributed by atoms with Gasteiger partial charge < -0.3 is 16.2 Å². The zero-order valence-corrected chi connectivity index (χ0v) is 16.5. The van der Waals surface area contributed by atoms with Crippen LogP contribution in [0.2, 0.25) is 0 Å². The number of anilines is 1. The minimum Gasteiger partial charge on any atom is -0.496 e. The Morgan fingerprint density at radius 1 is 1.14 bits per heavy atom. The highest BCUT2D eigenvalue weighted by molar-refractivity contribution is 7.92. The fourth-order valence-corrected chi connectivity index (χ4v) is 3.43. The Balaban J connectivity index is 2.43. The Morgan fingerprint density at radius 3 is 2.41 bits per heavy atom. The number of nitrogens with one attached hydrogen (secondary N) is 1. The number of rotatable bonds is 5. The lowest BCUT2D eigenvalue weighted by Gasteiger charge is -2.15. The summed E-state index contributed by atoms with van der Waals surface area (Å²) < 4.78 is 31.4. The van der Waals surface area contributed by atoms with Gasteiger partial charge in [0.05, 0.1) is 41.2 Å². The van der Waals surface area contributed by atoms with Gasteiger partial charge in [0, 0.05) is 5.56 Å². The van der Waals surface area contributed by atoms with E-state index in [2.05, 4.69) is 14.7 Å². The number of carbonyl (C=O) groups is 1. The number of sulfonamides is 1. The molecule has 0 aliphatic heterocycles. The highest BCUT2D eigenvalue weighted by Crippen LogP contribution is 2.36. The maximum Gasteiger partial charge on any atom is 0.281 e. The predicted octanol–water partition coefficient (Wildman–Crippen LogP) is 1.70. The number of nitrogens with two attached hydrogens (primary N) is 2. The molecule has 3 aromatic rings. The Labute approximate surface area is 167 Å². The summed E-state index contributed by atoms with van der Waals surface area (Å²) in [6.07, 6.45) is 1.02.